The van der Waals surface area contributed by atoms with Gasteiger partial charge in [0.25, 0.3) is 0 Å². The van der Waals surface area contributed by atoms with Crippen LogP contribution in [0.15, 0.2) is 53.0 Å². The number of ether oxygens (including phenoxy) is 1. The molecule has 1 aliphatic heterocycles. The molecule has 0 fully saturated rings. The zero-order valence-electron chi connectivity index (χ0n) is 10.8. The van der Waals surface area contributed by atoms with E-state index in [9.17, 15) is 4.79 Å². The van der Waals surface area contributed by atoms with Gasteiger partial charge in [0, 0.05) is 5.25 Å². The molecule has 1 aliphatic rings. The number of carbonyl (C=O) groups is 1. The quantitative estimate of drug-likeness (QED) is 0.786. The molecule has 102 valence electrons. The van der Waals surface area contributed by atoms with Crippen molar-refractivity contribution in [3.05, 3.63) is 58.5 Å². The predicted octanol–water partition coefficient (Wildman–Crippen LogP) is 3.09. The molecular formula is C15H18O3S. The van der Waals surface area contributed by atoms with Crippen LogP contribution < -0.4 is 0 Å². The van der Waals surface area contributed by atoms with E-state index >= 15 is 0 Å². The van der Waals surface area contributed by atoms with Gasteiger partial charge in [0.05, 0.1) is 13.5 Å². The molecule has 2 unspecified atom stereocenters. The number of benzene rings is 1. The number of allylic oxidation sites excluding steroid dienone is 1. The Hall–Kier alpha value is -1.68. The third kappa shape index (κ3) is 3.89. The molecule has 0 saturated heterocycles. The molecule has 1 heterocycles. The lowest BCUT2D eigenvalue weighted by Gasteiger charge is -2.22. The van der Waals surface area contributed by atoms with Crippen molar-refractivity contribution in [2.75, 3.05) is 7.11 Å². The van der Waals surface area contributed by atoms with Gasteiger partial charge in [-0.05, 0) is 28.9 Å². The average Bonchev–Trinajstić information content (AvgIpc) is 2.87. The van der Waals surface area contributed by atoms with Gasteiger partial charge in [-0.15, -0.1) is 0 Å². The van der Waals surface area contributed by atoms with Gasteiger partial charge >= 0.3 is 5.97 Å². The van der Waals surface area contributed by atoms with Gasteiger partial charge in [0.15, 0.2) is 0 Å². The zero-order chi connectivity index (χ0) is 13.7. The Morgan fingerprint density at radius 1 is 1.37 bits per heavy atom. The molecule has 2 atom stereocenters. The van der Waals surface area contributed by atoms with Crippen LogP contribution >= 0.6 is 10.9 Å². The van der Waals surface area contributed by atoms with Gasteiger partial charge < -0.3 is 9.84 Å². The first-order valence-corrected chi connectivity index (χ1v) is 7.71. The molecule has 0 spiro atoms. The number of aliphatic carboxylic acids is 1. The molecule has 1 aromatic carbocycles. The fourth-order valence-electron chi connectivity index (χ4n) is 2.11. The Kier molecular flexibility index (Phi) is 4.68. The van der Waals surface area contributed by atoms with Crippen molar-refractivity contribution in [3.8, 4) is 0 Å². The fourth-order valence-corrected chi connectivity index (χ4v) is 4.24. The maximum Gasteiger partial charge on any atom is 0.304 e. The maximum atomic E-state index is 11.0. The first kappa shape index (κ1) is 13.7. The van der Waals surface area contributed by atoms with Crippen molar-refractivity contribution in [3.63, 3.8) is 0 Å². The summed E-state index contributed by atoms with van der Waals surface area (Å²) in [6, 6.07) is 10.0. The molecule has 0 radical (unpaired) electrons. The second-order valence-electron chi connectivity index (χ2n) is 4.44. The molecule has 0 aromatic heterocycles. The van der Waals surface area contributed by atoms with Gasteiger partial charge in [-0.25, -0.2) is 10.9 Å². The largest absolute Gasteiger partial charge is 0.496 e. The van der Waals surface area contributed by atoms with Crippen LogP contribution in [0.5, 0.6) is 0 Å². The highest BCUT2D eigenvalue weighted by Crippen LogP contribution is 2.43. The number of methoxy groups -OCH3 is 1. The molecule has 1 N–H and O–H groups in total. The summed E-state index contributed by atoms with van der Waals surface area (Å²) in [7, 11) is 1.08. The molecule has 0 saturated carbocycles. The molecule has 0 bridgehead atoms. The van der Waals surface area contributed by atoms with E-state index in [-0.39, 0.29) is 11.7 Å². The minimum atomic E-state index is -0.740. The van der Waals surface area contributed by atoms with Crippen molar-refractivity contribution < 1.29 is 14.6 Å². The highest BCUT2D eigenvalue weighted by molar-refractivity contribution is 8.22. The fraction of sp³-hybridized carbons (Fsp3) is 0.267. The number of rotatable bonds is 6. The second-order valence-corrected chi connectivity index (χ2v) is 6.62. The smallest absolute Gasteiger partial charge is 0.304 e. The lowest BCUT2D eigenvalue weighted by molar-refractivity contribution is -0.136. The zero-order valence-corrected chi connectivity index (χ0v) is 11.7. The van der Waals surface area contributed by atoms with Crippen LogP contribution in [0, 0.1) is 0 Å². The monoisotopic (exact) mass is 278 g/mol. The van der Waals surface area contributed by atoms with Crippen molar-refractivity contribution in [2.45, 2.75) is 18.1 Å². The van der Waals surface area contributed by atoms with E-state index in [0.717, 1.165) is 12.2 Å². The molecule has 19 heavy (non-hydrogen) atoms. The number of thiol groups is 1. The lowest BCUT2D eigenvalue weighted by atomic mass is 10.1. The first-order chi connectivity index (χ1) is 9.19. The van der Waals surface area contributed by atoms with Crippen molar-refractivity contribution in [2.24, 2.45) is 0 Å². The van der Waals surface area contributed by atoms with E-state index in [1.807, 2.05) is 36.4 Å². The standard InChI is InChI=1S/C15H18O3S/c1-18-13-7-8-19(11-13)14(10-15(16)17)9-12-5-3-2-4-6-12/h2-8,11,14,19H,9-10H2,1H3,(H,16,17). The van der Waals surface area contributed by atoms with E-state index in [2.05, 4.69) is 10.8 Å². The molecule has 0 amide bonds. The number of carboxylic acid groups (broad SMARTS) is 1. The summed E-state index contributed by atoms with van der Waals surface area (Å²) in [6.07, 6.45) is 2.92. The van der Waals surface area contributed by atoms with E-state index in [4.69, 9.17) is 9.84 Å². The van der Waals surface area contributed by atoms with E-state index < -0.39 is 16.9 Å². The van der Waals surface area contributed by atoms with Gasteiger partial charge in [-0.3, -0.25) is 4.79 Å². The van der Waals surface area contributed by atoms with Crippen LogP contribution in [0.3, 0.4) is 0 Å². The summed E-state index contributed by atoms with van der Waals surface area (Å²) in [5.41, 5.74) is 1.18. The predicted molar refractivity (Wildman–Crippen MR) is 79.4 cm³/mol. The summed E-state index contributed by atoms with van der Waals surface area (Å²) < 4.78 is 5.19. The summed E-state index contributed by atoms with van der Waals surface area (Å²) in [5.74, 6) is 0.102. The molecule has 0 aliphatic carbocycles. The van der Waals surface area contributed by atoms with Gasteiger partial charge in [-0.1, -0.05) is 30.3 Å². The highest BCUT2D eigenvalue weighted by Gasteiger charge is 2.21. The molecule has 1 aromatic rings. The van der Waals surface area contributed by atoms with Crippen LogP contribution in [-0.2, 0) is 16.0 Å². The Morgan fingerprint density at radius 3 is 2.68 bits per heavy atom. The topological polar surface area (TPSA) is 46.5 Å². The van der Waals surface area contributed by atoms with Crippen molar-refractivity contribution in [1.82, 2.24) is 0 Å². The van der Waals surface area contributed by atoms with Crippen LogP contribution in [0.25, 0.3) is 0 Å². The Morgan fingerprint density at radius 2 is 2.11 bits per heavy atom. The van der Waals surface area contributed by atoms with Gasteiger partial charge in [0.1, 0.15) is 5.76 Å². The molecular weight excluding hydrogens is 260 g/mol. The number of hydrogen-bond donors (Lipinski definition) is 2. The highest BCUT2D eigenvalue weighted by atomic mass is 32.2. The minimum absolute atomic E-state index is 0.124. The van der Waals surface area contributed by atoms with Crippen LogP contribution in [-0.4, -0.2) is 23.4 Å². The van der Waals surface area contributed by atoms with Crippen LogP contribution in [0.4, 0.5) is 0 Å². The van der Waals surface area contributed by atoms with Crippen LogP contribution in [0.2, 0.25) is 0 Å². The Bertz CT molecular complexity index is 493. The van der Waals surface area contributed by atoms with Crippen molar-refractivity contribution in [1.29, 1.82) is 0 Å². The second kappa shape index (κ2) is 6.48. The minimum Gasteiger partial charge on any atom is -0.496 e. The van der Waals surface area contributed by atoms with Crippen molar-refractivity contribution >= 4 is 16.9 Å². The van der Waals surface area contributed by atoms with E-state index in [1.165, 1.54) is 5.56 Å². The van der Waals surface area contributed by atoms with Gasteiger partial charge in [-0.2, -0.15) is 0 Å². The number of carboxylic acids is 1. The summed E-state index contributed by atoms with van der Waals surface area (Å²) in [4.78, 5) is 11.0. The molecule has 2 rings (SSSR count). The summed E-state index contributed by atoms with van der Waals surface area (Å²) in [5, 5.41) is 13.4. The maximum absolute atomic E-state index is 11.0. The third-order valence-corrected chi connectivity index (χ3v) is 5.32. The summed E-state index contributed by atoms with van der Waals surface area (Å²) in [6.45, 7) is 0. The third-order valence-electron chi connectivity index (χ3n) is 3.07. The lowest BCUT2D eigenvalue weighted by Crippen LogP contribution is -2.15. The first-order valence-electron chi connectivity index (χ1n) is 6.16. The van der Waals surface area contributed by atoms with Gasteiger partial charge in [0.2, 0.25) is 0 Å². The Balaban J connectivity index is 2.11. The number of hydrogen-bond acceptors (Lipinski definition) is 2. The SMILES string of the molecule is COC1=C[SH](C(CC(=O)O)Cc2ccccc2)C=C1. The van der Waals surface area contributed by atoms with E-state index in [1.54, 1.807) is 7.11 Å². The van der Waals surface area contributed by atoms with E-state index in [0.29, 0.717) is 0 Å². The average molecular weight is 278 g/mol. The van der Waals surface area contributed by atoms with Crippen LogP contribution in [0.1, 0.15) is 12.0 Å². The Labute approximate surface area is 115 Å². The summed E-state index contributed by atoms with van der Waals surface area (Å²) >= 11 is 0. The molecule has 4 heteroatoms. The molecule has 3 nitrogen and oxygen atoms in total. The normalized spacial score (nSPS) is 20.9.